The lowest BCUT2D eigenvalue weighted by molar-refractivity contribution is 0.133. The third-order valence-electron chi connectivity index (χ3n) is 7.49. The van der Waals surface area contributed by atoms with Gasteiger partial charge in [-0.15, -0.1) is 6.58 Å². The van der Waals surface area contributed by atoms with E-state index in [-0.39, 0.29) is 0 Å². The van der Waals surface area contributed by atoms with Crippen molar-refractivity contribution in [2.75, 3.05) is 0 Å². The predicted molar refractivity (Wildman–Crippen MR) is 126 cm³/mol. The fourth-order valence-corrected chi connectivity index (χ4v) is 5.67. The Labute approximate surface area is 177 Å². The first-order valence-electron chi connectivity index (χ1n) is 11.7. The van der Waals surface area contributed by atoms with Gasteiger partial charge in [-0.1, -0.05) is 66.8 Å². The summed E-state index contributed by atoms with van der Waals surface area (Å²) in [4.78, 5) is 0. The maximum absolute atomic E-state index is 4.04. The lowest BCUT2D eigenvalue weighted by atomic mass is 9.64. The Balaban J connectivity index is 1.37. The molecule has 0 N–H and O–H groups in total. The first-order valence-corrected chi connectivity index (χ1v) is 11.7. The second kappa shape index (κ2) is 9.61. The molecule has 0 radical (unpaired) electrons. The second-order valence-electron chi connectivity index (χ2n) is 9.27. The maximum atomic E-state index is 4.04. The van der Waals surface area contributed by atoms with E-state index in [0.29, 0.717) is 0 Å². The van der Waals surface area contributed by atoms with Crippen LogP contribution in [0.1, 0.15) is 68.9 Å². The number of aryl methyl sites for hydroxylation is 1. The van der Waals surface area contributed by atoms with Crippen molar-refractivity contribution in [2.24, 2.45) is 17.8 Å². The van der Waals surface area contributed by atoms with Crippen LogP contribution in [-0.2, 0) is 6.42 Å². The molecule has 4 unspecified atom stereocenters. The molecule has 4 atom stereocenters. The lowest BCUT2D eigenvalue weighted by Crippen LogP contribution is -2.29. The molecule has 2 fully saturated rings. The fourth-order valence-electron chi connectivity index (χ4n) is 5.67. The molecule has 29 heavy (non-hydrogen) atoms. The smallest absolute Gasteiger partial charge is 0.0159 e. The van der Waals surface area contributed by atoms with Crippen LogP contribution < -0.4 is 0 Å². The molecular formula is C29H36. The van der Waals surface area contributed by atoms with E-state index in [1.165, 1.54) is 55.2 Å². The fraction of sp³-hybridized carbons (Fsp3) is 0.448. The molecule has 0 nitrogen and oxygen atoms in total. The minimum absolute atomic E-state index is 0.763. The van der Waals surface area contributed by atoms with Gasteiger partial charge < -0.3 is 0 Å². The second-order valence-corrected chi connectivity index (χ2v) is 9.27. The Morgan fingerprint density at radius 3 is 2.17 bits per heavy atom. The molecule has 2 aliphatic rings. The highest BCUT2D eigenvalue weighted by Crippen LogP contribution is 2.47. The molecule has 4 rings (SSSR count). The SMILES string of the molecule is C=CC1CCC2CC(c3ccc(-c4ccc(CC/C=C/C)cc4)cc3)CCC2C1. The monoisotopic (exact) mass is 384 g/mol. The molecule has 0 aliphatic heterocycles. The number of rotatable bonds is 6. The Bertz CT molecular complexity index is 808. The summed E-state index contributed by atoms with van der Waals surface area (Å²) in [7, 11) is 0. The van der Waals surface area contributed by atoms with E-state index in [0.717, 1.165) is 36.5 Å². The van der Waals surface area contributed by atoms with Crippen LogP contribution in [0.2, 0.25) is 0 Å². The summed E-state index contributed by atoms with van der Waals surface area (Å²) in [5, 5.41) is 0. The number of hydrogen-bond acceptors (Lipinski definition) is 0. The quantitative estimate of drug-likeness (QED) is 0.439. The molecule has 2 aromatic rings. The van der Waals surface area contributed by atoms with E-state index in [2.05, 4.69) is 80.3 Å². The first-order chi connectivity index (χ1) is 14.3. The van der Waals surface area contributed by atoms with Crippen molar-refractivity contribution in [1.29, 1.82) is 0 Å². The van der Waals surface area contributed by atoms with Gasteiger partial charge in [0.1, 0.15) is 0 Å². The molecule has 0 heterocycles. The number of fused-ring (bicyclic) bond motifs is 1. The Morgan fingerprint density at radius 2 is 1.48 bits per heavy atom. The minimum atomic E-state index is 0.763. The summed E-state index contributed by atoms with van der Waals surface area (Å²) in [6, 6.07) is 18.6. The van der Waals surface area contributed by atoms with Crippen LogP contribution in [0.4, 0.5) is 0 Å². The van der Waals surface area contributed by atoms with Crippen molar-refractivity contribution in [2.45, 2.75) is 64.2 Å². The highest BCUT2D eigenvalue weighted by molar-refractivity contribution is 5.64. The third-order valence-corrected chi connectivity index (χ3v) is 7.49. The van der Waals surface area contributed by atoms with E-state index < -0.39 is 0 Å². The van der Waals surface area contributed by atoms with Crippen molar-refractivity contribution in [3.05, 3.63) is 84.5 Å². The van der Waals surface area contributed by atoms with Crippen LogP contribution in [0.3, 0.4) is 0 Å². The Morgan fingerprint density at radius 1 is 0.828 bits per heavy atom. The van der Waals surface area contributed by atoms with Gasteiger partial charge in [0.25, 0.3) is 0 Å². The Kier molecular flexibility index (Phi) is 6.70. The normalized spacial score (nSPS) is 26.9. The molecule has 2 saturated carbocycles. The van der Waals surface area contributed by atoms with Gasteiger partial charge in [-0.25, -0.2) is 0 Å². The third kappa shape index (κ3) is 4.92. The highest BCUT2D eigenvalue weighted by atomic mass is 14.4. The number of hydrogen-bond donors (Lipinski definition) is 0. The average molecular weight is 385 g/mol. The van der Waals surface area contributed by atoms with Crippen molar-refractivity contribution < 1.29 is 0 Å². The number of benzene rings is 2. The van der Waals surface area contributed by atoms with Crippen molar-refractivity contribution >= 4 is 0 Å². The first kappa shape index (κ1) is 20.2. The van der Waals surface area contributed by atoms with Crippen LogP contribution in [0.5, 0.6) is 0 Å². The summed E-state index contributed by atoms with van der Waals surface area (Å²) >= 11 is 0. The molecule has 0 amide bonds. The van der Waals surface area contributed by atoms with Crippen molar-refractivity contribution in [1.82, 2.24) is 0 Å². The predicted octanol–water partition coefficient (Wildman–Crippen LogP) is 8.35. The molecular weight excluding hydrogens is 348 g/mol. The highest BCUT2D eigenvalue weighted by Gasteiger charge is 2.35. The van der Waals surface area contributed by atoms with Crippen molar-refractivity contribution in [3.63, 3.8) is 0 Å². The van der Waals surface area contributed by atoms with Gasteiger partial charge in [-0.2, -0.15) is 0 Å². The summed E-state index contributed by atoms with van der Waals surface area (Å²) < 4.78 is 0. The molecule has 152 valence electrons. The zero-order chi connectivity index (χ0) is 20.1. The molecule has 0 saturated heterocycles. The summed E-state index contributed by atoms with van der Waals surface area (Å²) in [5.41, 5.74) is 5.65. The van der Waals surface area contributed by atoms with Crippen LogP contribution in [-0.4, -0.2) is 0 Å². The topological polar surface area (TPSA) is 0 Å². The zero-order valence-corrected chi connectivity index (χ0v) is 18.0. The van der Waals surface area contributed by atoms with Crippen LogP contribution in [0, 0.1) is 17.8 Å². The molecule has 0 aromatic heterocycles. The van der Waals surface area contributed by atoms with Gasteiger partial charge in [-0.05, 0) is 104 Å². The summed E-state index contributed by atoms with van der Waals surface area (Å²) in [6.45, 7) is 6.13. The summed E-state index contributed by atoms with van der Waals surface area (Å²) in [6.07, 6.45) is 17.2. The van der Waals surface area contributed by atoms with E-state index in [4.69, 9.17) is 0 Å². The van der Waals surface area contributed by atoms with E-state index in [9.17, 15) is 0 Å². The van der Waals surface area contributed by atoms with Gasteiger partial charge in [0.05, 0.1) is 0 Å². The average Bonchev–Trinajstić information content (AvgIpc) is 2.79. The van der Waals surface area contributed by atoms with Gasteiger partial charge in [-0.3, -0.25) is 0 Å². The van der Waals surface area contributed by atoms with E-state index in [1.807, 2.05) is 0 Å². The maximum Gasteiger partial charge on any atom is -0.0159 e. The van der Waals surface area contributed by atoms with Crippen LogP contribution in [0.25, 0.3) is 11.1 Å². The molecule has 2 aliphatic carbocycles. The van der Waals surface area contributed by atoms with E-state index >= 15 is 0 Å². The molecule has 0 heteroatoms. The van der Waals surface area contributed by atoms with E-state index in [1.54, 1.807) is 5.56 Å². The minimum Gasteiger partial charge on any atom is -0.103 e. The molecule has 0 bridgehead atoms. The van der Waals surface area contributed by atoms with Crippen LogP contribution in [0.15, 0.2) is 73.3 Å². The van der Waals surface area contributed by atoms with Gasteiger partial charge in [0, 0.05) is 0 Å². The lowest BCUT2D eigenvalue weighted by Gasteiger charge is -2.41. The number of allylic oxidation sites excluding steroid dienone is 3. The Hall–Kier alpha value is -2.08. The molecule has 0 spiro atoms. The largest absolute Gasteiger partial charge is 0.103 e. The van der Waals surface area contributed by atoms with Gasteiger partial charge in [0.2, 0.25) is 0 Å². The van der Waals surface area contributed by atoms with Gasteiger partial charge in [0.15, 0.2) is 0 Å². The van der Waals surface area contributed by atoms with Crippen molar-refractivity contribution in [3.8, 4) is 11.1 Å². The molecule has 2 aromatic carbocycles. The van der Waals surface area contributed by atoms with Gasteiger partial charge >= 0.3 is 0 Å². The van der Waals surface area contributed by atoms with Crippen LogP contribution >= 0.6 is 0 Å². The standard InChI is InChI=1S/C29H36/c1-3-5-6-7-23-9-11-24(12-10-23)25-14-16-26(17-15-25)28-19-18-27-20-22(4-2)8-13-29(27)21-28/h3-5,9-12,14-17,22,27-29H,2,6-8,13,18-21H2,1H3/b5-3+. The summed E-state index contributed by atoms with van der Waals surface area (Å²) in [5.74, 6) is 3.44. The zero-order valence-electron chi connectivity index (χ0n) is 18.0.